The first-order valence-electron chi connectivity index (χ1n) is 7.87. The van der Waals surface area contributed by atoms with Crippen LogP contribution in [0.4, 0.5) is 11.5 Å². The molecule has 2 aromatic rings. The molecular formula is C18H23N3O3. The Labute approximate surface area is 142 Å². The monoisotopic (exact) mass is 329 g/mol. The highest BCUT2D eigenvalue weighted by molar-refractivity contribution is 6.05. The normalized spacial score (nSPS) is 10.2. The average Bonchev–Trinajstić information content (AvgIpc) is 2.63. The summed E-state index contributed by atoms with van der Waals surface area (Å²) in [6, 6.07) is 8.73. The zero-order chi connectivity index (χ0) is 17.5. The van der Waals surface area contributed by atoms with Crippen molar-refractivity contribution in [3.63, 3.8) is 0 Å². The quantitative estimate of drug-likeness (QED) is 0.845. The predicted molar refractivity (Wildman–Crippen MR) is 95.3 cm³/mol. The van der Waals surface area contributed by atoms with Gasteiger partial charge in [-0.1, -0.05) is 0 Å². The highest BCUT2D eigenvalue weighted by Crippen LogP contribution is 2.29. The summed E-state index contributed by atoms with van der Waals surface area (Å²) in [5.41, 5.74) is 1.13. The predicted octanol–water partition coefficient (Wildman–Crippen LogP) is 3.20. The molecule has 0 fully saturated rings. The number of carbonyl (C=O) groups excluding carboxylic acids is 1. The van der Waals surface area contributed by atoms with Gasteiger partial charge in [0, 0.05) is 30.9 Å². The van der Waals surface area contributed by atoms with Crippen LogP contribution in [-0.2, 0) is 0 Å². The van der Waals surface area contributed by atoms with E-state index in [-0.39, 0.29) is 5.91 Å². The fourth-order valence-electron chi connectivity index (χ4n) is 2.38. The molecule has 1 aromatic heterocycles. The molecule has 0 radical (unpaired) electrons. The third-order valence-electron chi connectivity index (χ3n) is 3.75. The number of hydrogen-bond donors (Lipinski definition) is 1. The van der Waals surface area contributed by atoms with Crippen LogP contribution < -0.4 is 19.7 Å². The van der Waals surface area contributed by atoms with Crippen molar-refractivity contribution in [3.05, 3.63) is 42.1 Å². The molecule has 1 N–H and O–H groups in total. The first-order chi connectivity index (χ1) is 11.6. The Bertz CT molecular complexity index is 700. The summed E-state index contributed by atoms with van der Waals surface area (Å²) in [6.45, 7) is 5.78. The van der Waals surface area contributed by atoms with Gasteiger partial charge in [0.2, 0.25) is 0 Å². The van der Waals surface area contributed by atoms with Crippen molar-refractivity contribution in [1.29, 1.82) is 0 Å². The van der Waals surface area contributed by atoms with Crippen LogP contribution in [0.3, 0.4) is 0 Å². The van der Waals surface area contributed by atoms with Crippen molar-refractivity contribution in [2.75, 3.05) is 37.5 Å². The van der Waals surface area contributed by atoms with Crippen LogP contribution in [0.15, 0.2) is 36.5 Å². The highest BCUT2D eigenvalue weighted by atomic mass is 16.5. The van der Waals surface area contributed by atoms with Crippen LogP contribution in [-0.4, -0.2) is 38.2 Å². The molecule has 0 saturated carbocycles. The fraction of sp³-hybridized carbons (Fsp3) is 0.333. The number of methoxy groups -OCH3 is 2. The molecule has 0 aliphatic carbocycles. The number of hydrogen-bond acceptors (Lipinski definition) is 5. The van der Waals surface area contributed by atoms with Gasteiger partial charge < -0.3 is 19.7 Å². The molecule has 6 heteroatoms. The van der Waals surface area contributed by atoms with Gasteiger partial charge in [0.25, 0.3) is 5.91 Å². The third-order valence-corrected chi connectivity index (χ3v) is 3.75. The van der Waals surface area contributed by atoms with Gasteiger partial charge in [-0.3, -0.25) is 4.79 Å². The summed E-state index contributed by atoms with van der Waals surface area (Å²) < 4.78 is 10.5. The Morgan fingerprint density at radius 1 is 1.12 bits per heavy atom. The molecule has 0 aliphatic heterocycles. The number of nitrogens with zero attached hydrogens (tertiary/aromatic N) is 2. The van der Waals surface area contributed by atoms with Crippen LogP contribution in [0.1, 0.15) is 24.2 Å². The summed E-state index contributed by atoms with van der Waals surface area (Å²) in [5.74, 6) is 1.78. The topological polar surface area (TPSA) is 63.7 Å². The largest absolute Gasteiger partial charge is 0.497 e. The SMILES string of the molecule is CCN(CC)c1cc(C(=O)Nc2ccc(OC)cc2OC)ccn1. The summed E-state index contributed by atoms with van der Waals surface area (Å²) in [6.07, 6.45) is 1.65. The van der Waals surface area contributed by atoms with E-state index in [4.69, 9.17) is 9.47 Å². The zero-order valence-electron chi connectivity index (χ0n) is 14.5. The molecule has 6 nitrogen and oxygen atoms in total. The Kier molecular flexibility index (Phi) is 6.01. The van der Waals surface area contributed by atoms with Gasteiger partial charge in [-0.05, 0) is 38.1 Å². The number of benzene rings is 1. The van der Waals surface area contributed by atoms with E-state index < -0.39 is 0 Å². The molecule has 0 spiro atoms. The summed E-state index contributed by atoms with van der Waals surface area (Å²) in [7, 11) is 3.13. The van der Waals surface area contributed by atoms with Gasteiger partial charge in [0.15, 0.2) is 0 Å². The minimum absolute atomic E-state index is 0.214. The van der Waals surface area contributed by atoms with Gasteiger partial charge in [0.05, 0.1) is 19.9 Å². The van der Waals surface area contributed by atoms with Crippen LogP contribution in [0.25, 0.3) is 0 Å². The van der Waals surface area contributed by atoms with E-state index in [1.165, 1.54) is 0 Å². The van der Waals surface area contributed by atoms with E-state index in [9.17, 15) is 4.79 Å². The number of ether oxygens (including phenoxy) is 2. The molecule has 0 saturated heterocycles. The van der Waals surface area contributed by atoms with Crippen LogP contribution in [0.5, 0.6) is 11.5 Å². The van der Waals surface area contributed by atoms with E-state index in [2.05, 4.69) is 29.0 Å². The molecule has 24 heavy (non-hydrogen) atoms. The standard InChI is InChI=1S/C18H23N3O3/c1-5-21(6-2)17-11-13(9-10-19-17)18(22)20-15-8-7-14(23-3)12-16(15)24-4/h7-12H,5-6H2,1-4H3,(H,20,22). The van der Waals surface area contributed by atoms with Gasteiger partial charge in [-0.25, -0.2) is 4.98 Å². The van der Waals surface area contributed by atoms with E-state index in [0.717, 1.165) is 18.9 Å². The zero-order valence-corrected chi connectivity index (χ0v) is 14.5. The van der Waals surface area contributed by atoms with Crippen molar-refractivity contribution in [2.24, 2.45) is 0 Å². The molecule has 1 heterocycles. The van der Waals surface area contributed by atoms with Gasteiger partial charge in [-0.15, -0.1) is 0 Å². The fourth-order valence-corrected chi connectivity index (χ4v) is 2.38. The minimum atomic E-state index is -0.214. The highest BCUT2D eigenvalue weighted by Gasteiger charge is 2.13. The second-order valence-electron chi connectivity index (χ2n) is 5.10. The maximum Gasteiger partial charge on any atom is 0.255 e. The summed E-state index contributed by atoms with van der Waals surface area (Å²) >= 11 is 0. The van der Waals surface area contributed by atoms with Crippen LogP contribution in [0, 0.1) is 0 Å². The average molecular weight is 329 g/mol. The lowest BCUT2D eigenvalue weighted by atomic mass is 10.2. The summed E-state index contributed by atoms with van der Waals surface area (Å²) in [5, 5.41) is 2.87. The Hall–Kier alpha value is -2.76. The second-order valence-corrected chi connectivity index (χ2v) is 5.10. The van der Waals surface area contributed by atoms with E-state index in [1.54, 1.807) is 50.7 Å². The number of carbonyl (C=O) groups is 1. The molecular weight excluding hydrogens is 306 g/mol. The number of aromatic nitrogens is 1. The molecule has 0 aliphatic rings. The molecule has 2 rings (SSSR count). The maximum atomic E-state index is 12.5. The van der Waals surface area contributed by atoms with Crippen LogP contribution in [0.2, 0.25) is 0 Å². The Morgan fingerprint density at radius 2 is 1.88 bits per heavy atom. The maximum absolute atomic E-state index is 12.5. The van der Waals surface area contributed by atoms with E-state index in [0.29, 0.717) is 22.7 Å². The second kappa shape index (κ2) is 8.19. The number of amides is 1. The first kappa shape index (κ1) is 17.6. The molecule has 0 unspecified atom stereocenters. The lowest BCUT2D eigenvalue weighted by molar-refractivity contribution is 0.102. The number of rotatable bonds is 7. The van der Waals surface area contributed by atoms with Crippen molar-refractivity contribution in [1.82, 2.24) is 4.98 Å². The Balaban J connectivity index is 2.22. The first-order valence-corrected chi connectivity index (χ1v) is 7.87. The lowest BCUT2D eigenvalue weighted by Gasteiger charge is -2.20. The molecule has 128 valence electrons. The van der Waals surface area contributed by atoms with Gasteiger partial charge in [-0.2, -0.15) is 0 Å². The van der Waals surface area contributed by atoms with E-state index in [1.807, 2.05) is 0 Å². The minimum Gasteiger partial charge on any atom is -0.497 e. The van der Waals surface area contributed by atoms with Crippen molar-refractivity contribution < 1.29 is 14.3 Å². The van der Waals surface area contributed by atoms with Gasteiger partial charge in [0.1, 0.15) is 17.3 Å². The lowest BCUT2D eigenvalue weighted by Crippen LogP contribution is -2.23. The van der Waals surface area contributed by atoms with Crippen LogP contribution >= 0.6 is 0 Å². The molecule has 1 amide bonds. The summed E-state index contributed by atoms with van der Waals surface area (Å²) in [4.78, 5) is 19.0. The smallest absolute Gasteiger partial charge is 0.255 e. The molecule has 1 aromatic carbocycles. The third kappa shape index (κ3) is 3.95. The Morgan fingerprint density at radius 3 is 2.50 bits per heavy atom. The molecule has 0 bridgehead atoms. The number of anilines is 2. The van der Waals surface area contributed by atoms with Crippen molar-refractivity contribution in [3.8, 4) is 11.5 Å². The molecule has 0 atom stereocenters. The van der Waals surface area contributed by atoms with Crippen molar-refractivity contribution >= 4 is 17.4 Å². The van der Waals surface area contributed by atoms with Crippen molar-refractivity contribution in [2.45, 2.75) is 13.8 Å². The van der Waals surface area contributed by atoms with Gasteiger partial charge >= 0.3 is 0 Å². The van der Waals surface area contributed by atoms with E-state index >= 15 is 0 Å². The number of pyridine rings is 1. The number of nitrogens with one attached hydrogen (secondary N) is 1.